The summed E-state index contributed by atoms with van der Waals surface area (Å²) >= 11 is 5.90. The number of Topliss-reactive ketones (excluding diaryl/α,β-unsaturated/α-hetero) is 1. The van der Waals surface area contributed by atoms with Gasteiger partial charge in [0.1, 0.15) is 5.75 Å². The van der Waals surface area contributed by atoms with Gasteiger partial charge < -0.3 is 9.84 Å². The first-order valence-electron chi connectivity index (χ1n) is 5.10. The number of ketones is 1. The van der Waals surface area contributed by atoms with Crippen LogP contribution in [0, 0.1) is 13.8 Å². The summed E-state index contributed by atoms with van der Waals surface area (Å²) in [5, 5.41) is 10.1. The van der Waals surface area contributed by atoms with Gasteiger partial charge in [-0.25, -0.2) is 4.79 Å². The van der Waals surface area contributed by atoms with E-state index >= 15 is 0 Å². The number of esters is 1. The van der Waals surface area contributed by atoms with E-state index in [1.165, 1.54) is 6.07 Å². The molecule has 0 saturated heterocycles. The molecule has 0 amide bonds. The molecule has 0 bridgehead atoms. The zero-order valence-electron chi connectivity index (χ0n) is 9.83. The van der Waals surface area contributed by atoms with Gasteiger partial charge in [-0.15, -0.1) is 0 Å². The van der Waals surface area contributed by atoms with Crippen molar-refractivity contribution in [1.29, 1.82) is 0 Å². The minimum atomic E-state index is -0.993. The molecule has 1 rings (SSSR count). The van der Waals surface area contributed by atoms with Crippen LogP contribution in [0.25, 0.3) is 0 Å². The fraction of sp³-hybridized carbons (Fsp3) is 0.333. The summed E-state index contributed by atoms with van der Waals surface area (Å²) in [4.78, 5) is 23.1. The molecule has 0 aliphatic rings. The van der Waals surface area contributed by atoms with Crippen molar-refractivity contribution in [2.45, 2.75) is 20.8 Å². The number of rotatable bonds is 3. The lowest BCUT2D eigenvalue weighted by Crippen LogP contribution is -2.19. The van der Waals surface area contributed by atoms with Gasteiger partial charge in [-0.05, 0) is 38.0 Å². The van der Waals surface area contributed by atoms with Crippen LogP contribution in [-0.2, 0) is 9.53 Å². The van der Waals surface area contributed by atoms with Crippen molar-refractivity contribution in [2.24, 2.45) is 0 Å². The summed E-state index contributed by atoms with van der Waals surface area (Å²) in [6.45, 7) is 4.86. The number of carbonyl (C=O) groups excluding carboxylic acids is 2. The van der Waals surface area contributed by atoms with Crippen molar-refractivity contribution in [3.05, 3.63) is 27.8 Å². The molecule has 0 atom stereocenters. The third-order valence-electron chi connectivity index (χ3n) is 2.37. The Morgan fingerprint density at radius 3 is 2.53 bits per heavy atom. The number of aromatic hydroxyl groups is 1. The van der Waals surface area contributed by atoms with Gasteiger partial charge in [-0.2, -0.15) is 0 Å². The van der Waals surface area contributed by atoms with E-state index in [0.29, 0.717) is 16.1 Å². The second-order valence-electron chi connectivity index (χ2n) is 3.57. The summed E-state index contributed by atoms with van der Waals surface area (Å²) < 4.78 is 4.61. The molecule has 5 heteroatoms. The molecule has 1 aromatic carbocycles. The van der Waals surface area contributed by atoms with Crippen LogP contribution in [0.1, 0.15) is 28.4 Å². The zero-order valence-corrected chi connectivity index (χ0v) is 10.6. The predicted octanol–water partition coefficient (Wildman–Crippen LogP) is 2.41. The number of benzene rings is 1. The van der Waals surface area contributed by atoms with E-state index in [1.807, 2.05) is 0 Å². The van der Waals surface area contributed by atoms with E-state index in [2.05, 4.69) is 4.74 Å². The van der Waals surface area contributed by atoms with Gasteiger partial charge >= 0.3 is 5.97 Å². The molecule has 4 nitrogen and oxygen atoms in total. The molecule has 0 aromatic heterocycles. The fourth-order valence-corrected chi connectivity index (χ4v) is 1.70. The van der Waals surface area contributed by atoms with Gasteiger partial charge in [-0.1, -0.05) is 11.6 Å². The number of aryl methyl sites for hydroxylation is 1. The van der Waals surface area contributed by atoms with E-state index in [4.69, 9.17) is 11.6 Å². The van der Waals surface area contributed by atoms with Crippen LogP contribution in [-0.4, -0.2) is 23.5 Å². The van der Waals surface area contributed by atoms with Crippen LogP contribution in [0.3, 0.4) is 0 Å². The Balaban J connectivity index is 3.31. The minimum Gasteiger partial charge on any atom is -0.507 e. The summed E-state index contributed by atoms with van der Waals surface area (Å²) in [5.41, 5.74) is 0.717. The van der Waals surface area contributed by atoms with Crippen LogP contribution >= 0.6 is 11.6 Å². The first-order valence-corrected chi connectivity index (χ1v) is 5.48. The molecule has 0 unspecified atom stereocenters. The maximum atomic E-state index is 11.8. The third-order valence-corrected chi connectivity index (χ3v) is 2.77. The lowest BCUT2D eigenvalue weighted by atomic mass is 10.00. The van der Waals surface area contributed by atoms with Gasteiger partial charge in [0.05, 0.1) is 12.2 Å². The molecule has 0 saturated carbocycles. The second-order valence-corrected chi connectivity index (χ2v) is 3.98. The normalized spacial score (nSPS) is 10.1. The molecular formula is C12H13ClO4. The SMILES string of the molecule is CCOC(=O)C(=O)c1c(C)c(Cl)cc(C)c1O. The Kier molecular flexibility index (Phi) is 4.12. The number of phenols is 1. The summed E-state index contributed by atoms with van der Waals surface area (Å²) in [6, 6.07) is 1.54. The highest BCUT2D eigenvalue weighted by molar-refractivity contribution is 6.42. The molecule has 0 spiro atoms. The lowest BCUT2D eigenvalue weighted by molar-refractivity contribution is -0.137. The van der Waals surface area contributed by atoms with Crippen molar-refractivity contribution in [3.8, 4) is 5.75 Å². The molecule has 0 aliphatic carbocycles. The van der Waals surface area contributed by atoms with Gasteiger partial charge in [0, 0.05) is 5.02 Å². The Bertz CT molecular complexity index is 454. The maximum absolute atomic E-state index is 11.8. The summed E-state index contributed by atoms with van der Waals surface area (Å²) in [7, 11) is 0. The first-order chi connectivity index (χ1) is 7.90. The molecule has 1 N–H and O–H groups in total. The van der Waals surface area contributed by atoms with Gasteiger partial charge in [0.25, 0.3) is 5.78 Å². The Morgan fingerprint density at radius 1 is 1.41 bits per heavy atom. The molecule has 17 heavy (non-hydrogen) atoms. The number of hydrogen-bond acceptors (Lipinski definition) is 4. The smallest absolute Gasteiger partial charge is 0.379 e. The number of hydrogen-bond donors (Lipinski definition) is 1. The van der Waals surface area contributed by atoms with Crippen LogP contribution in [0.15, 0.2) is 6.07 Å². The first kappa shape index (κ1) is 13.5. The zero-order chi connectivity index (χ0) is 13.2. The van der Waals surface area contributed by atoms with E-state index in [9.17, 15) is 14.7 Å². The molecule has 0 aliphatic heterocycles. The van der Waals surface area contributed by atoms with E-state index in [0.717, 1.165) is 0 Å². The van der Waals surface area contributed by atoms with E-state index < -0.39 is 11.8 Å². The van der Waals surface area contributed by atoms with E-state index in [-0.39, 0.29) is 17.9 Å². The number of phenolic OH excluding ortho intramolecular Hbond substituents is 1. The minimum absolute atomic E-state index is 0.0894. The van der Waals surface area contributed by atoms with Crippen molar-refractivity contribution in [2.75, 3.05) is 6.61 Å². The quantitative estimate of drug-likeness (QED) is 0.512. The largest absolute Gasteiger partial charge is 0.507 e. The standard InChI is InChI=1S/C12H13ClO4/c1-4-17-12(16)11(15)9-7(3)8(13)5-6(2)10(9)14/h5,14H,4H2,1-3H3. The highest BCUT2D eigenvalue weighted by atomic mass is 35.5. The monoisotopic (exact) mass is 256 g/mol. The number of halogens is 1. The van der Waals surface area contributed by atoms with Crippen molar-refractivity contribution >= 4 is 23.4 Å². The third kappa shape index (κ3) is 2.58. The highest BCUT2D eigenvalue weighted by Gasteiger charge is 2.25. The molecule has 0 radical (unpaired) electrons. The van der Waals surface area contributed by atoms with Gasteiger partial charge in [0.15, 0.2) is 0 Å². The Hall–Kier alpha value is -1.55. The number of carbonyl (C=O) groups is 2. The van der Waals surface area contributed by atoms with E-state index in [1.54, 1.807) is 20.8 Å². The van der Waals surface area contributed by atoms with Crippen molar-refractivity contribution < 1.29 is 19.4 Å². The summed E-state index contributed by atoms with van der Waals surface area (Å²) in [5.74, 6) is -2.11. The fourth-order valence-electron chi connectivity index (χ4n) is 1.44. The molecule has 1 aromatic rings. The maximum Gasteiger partial charge on any atom is 0.379 e. The molecule has 92 valence electrons. The number of ether oxygens (including phenoxy) is 1. The van der Waals surface area contributed by atoms with Gasteiger partial charge in [0.2, 0.25) is 0 Å². The van der Waals surface area contributed by atoms with Gasteiger partial charge in [-0.3, -0.25) is 4.79 Å². The Morgan fingerprint density at radius 2 is 2.00 bits per heavy atom. The van der Waals surface area contributed by atoms with Crippen molar-refractivity contribution in [1.82, 2.24) is 0 Å². The average molecular weight is 257 g/mol. The lowest BCUT2D eigenvalue weighted by Gasteiger charge is -2.10. The van der Waals surface area contributed by atoms with Crippen LogP contribution < -0.4 is 0 Å². The van der Waals surface area contributed by atoms with Crippen LogP contribution in [0.2, 0.25) is 5.02 Å². The van der Waals surface area contributed by atoms with Crippen molar-refractivity contribution in [3.63, 3.8) is 0 Å². The topological polar surface area (TPSA) is 63.6 Å². The highest BCUT2D eigenvalue weighted by Crippen LogP contribution is 2.31. The summed E-state index contributed by atoms with van der Waals surface area (Å²) in [6.07, 6.45) is 0. The Labute approximate surface area is 104 Å². The predicted molar refractivity (Wildman–Crippen MR) is 63.6 cm³/mol. The molecular weight excluding hydrogens is 244 g/mol. The second kappa shape index (κ2) is 5.19. The van der Waals surface area contributed by atoms with Crippen LogP contribution in [0.4, 0.5) is 0 Å². The van der Waals surface area contributed by atoms with Crippen LogP contribution in [0.5, 0.6) is 5.75 Å². The molecule has 0 heterocycles. The molecule has 0 fully saturated rings. The average Bonchev–Trinajstić information content (AvgIpc) is 2.27.